The van der Waals surface area contributed by atoms with Gasteiger partial charge in [-0.25, -0.2) is 0 Å². The van der Waals surface area contributed by atoms with Crippen LogP contribution in [0.4, 0.5) is 0 Å². The van der Waals surface area contributed by atoms with Gasteiger partial charge in [-0.2, -0.15) is 12.8 Å². The van der Waals surface area contributed by atoms with E-state index in [1.54, 1.807) is 13.8 Å². The molecule has 0 aromatic carbocycles. The molecule has 0 heterocycles. The zero-order chi connectivity index (χ0) is 14.8. The van der Waals surface area contributed by atoms with Gasteiger partial charge in [-0.05, 0) is 13.8 Å². The second-order valence-electron chi connectivity index (χ2n) is 2.82. The Morgan fingerprint density at radius 2 is 1.20 bits per heavy atom. The van der Waals surface area contributed by atoms with Gasteiger partial charge in [-0.1, -0.05) is 0 Å². The molecule has 20 heavy (non-hydrogen) atoms. The largest absolute Gasteiger partial charge is 2.00 e. The van der Waals surface area contributed by atoms with E-state index < -0.39 is 0 Å². The summed E-state index contributed by atoms with van der Waals surface area (Å²) in [5.41, 5.74) is 0. The fourth-order valence-corrected chi connectivity index (χ4v) is 0.755. The molecule has 0 unspecified atom stereocenters. The van der Waals surface area contributed by atoms with Gasteiger partial charge in [-0.3, -0.25) is 9.59 Å². The molecule has 0 aliphatic carbocycles. The normalized spacial score (nSPS) is 7.10. The van der Waals surface area contributed by atoms with Crippen LogP contribution in [0, 0.1) is 25.7 Å². The van der Waals surface area contributed by atoms with Crippen LogP contribution in [0.15, 0.2) is 0 Å². The summed E-state index contributed by atoms with van der Waals surface area (Å²) >= 11 is 0. The van der Waals surface area contributed by atoms with Gasteiger partial charge in [0.05, 0.1) is 13.2 Å². The monoisotopic (exact) mass is 383 g/mol. The Kier molecular flexibility index (Phi) is 49.5. The first-order chi connectivity index (χ1) is 8.62. The number of rotatable bonds is 6. The van der Waals surface area contributed by atoms with Crippen molar-refractivity contribution in [3.63, 3.8) is 0 Å². The Labute approximate surface area is 146 Å². The molecule has 7 heteroatoms. The fourth-order valence-electron chi connectivity index (χ4n) is 0.755. The number of esters is 2. The van der Waals surface area contributed by atoms with Crippen molar-refractivity contribution in [2.75, 3.05) is 13.2 Å². The molecule has 0 bridgehead atoms. The van der Waals surface area contributed by atoms with Crippen LogP contribution in [0.25, 0.3) is 0 Å². The second kappa shape index (κ2) is 31.1. The number of hydrogen-bond donors (Lipinski definition) is 0. The zero-order valence-electron chi connectivity index (χ0n) is 12.2. The van der Waals surface area contributed by atoms with Crippen molar-refractivity contribution in [2.45, 2.75) is 39.5 Å². The quantitative estimate of drug-likeness (QED) is 0.399. The predicted molar refractivity (Wildman–Crippen MR) is 67.4 cm³/mol. The van der Waals surface area contributed by atoms with Crippen LogP contribution in [0.1, 0.15) is 39.5 Å². The average molecular weight is 385 g/mol. The average Bonchev–Trinajstić information content (AvgIpc) is 2.34. The third-order valence-corrected chi connectivity index (χ3v) is 1.37. The van der Waals surface area contributed by atoms with Gasteiger partial charge in [-0.15, -0.1) is 0 Å². The number of carbonyl (C=O) groups excluding carboxylic acids is 2. The molecule has 5 nitrogen and oxygen atoms in total. The van der Waals surface area contributed by atoms with Crippen LogP contribution in [-0.2, 0) is 55.6 Å². The summed E-state index contributed by atoms with van der Waals surface area (Å²) in [6, 6.07) is 0. The SMILES string of the molecule is [C-]#N.[CH2-]CCC(=O)OCC.[CH2-]CCC(=O)OCC.[Cu+].[Zn+2]. The van der Waals surface area contributed by atoms with Gasteiger partial charge in [0.15, 0.2) is 0 Å². The standard InChI is InChI=1S/2C6H11O2.CN.Cu.Zn/c2*1-3-5-6(7)8-4-2;1-2;;/h2*1,3-5H2,2H3;;;/q3*-1;+1;+2. The first kappa shape index (κ1) is 31.8. The Balaban J connectivity index is -0.0000000611. The molecule has 0 amide bonds. The first-order valence-corrected chi connectivity index (χ1v) is 5.74. The van der Waals surface area contributed by atoms with Crippen molar-refractivity contribution in [1.82, 2.24) is 0 Å². The van der Waals surface area contributed by atoms with E-state index in [2.05, 4.69) is 23.3 Å². The molecule has 0 atom stereocenters. The number of nitrogens with zero attached hydrogens (tertiary/aromatic N) is 1. The summed E-state index contributed by atoms with van der Waals surface area (Å²) in [6.45, 7) is 16.3. The zero-order valence-corrected chi connectivity index (χ0v) is 16.2. The van der Waals surface area contributed by atoms with Crippen LogP contribution in [0.5, 0.6) is 0 Å². The molecular formula is C13H22CuNO4Zn. The summed E-state index contributed by atoms with van der Waals surface area (Å²) in [7, 11) is 0. The van der Waals surface area contributed by atoms with E-state index in [0.29, 0.717) is 38.9 Å². The maximum atomic E-state index is 10.4. The minimum absolute atomic E-state index is 0. The minimum Gasteiger partial charge on any atom is -0.512 e. The summed E-state index contributed by atoms with van der Waals surface area (Å²) in [4.78, 5) is 20.8. The first-order valence-electron chi connectivity index (χ1n) is 5.74. The molecule has 0 saturated carbocycles. The van der Waals surface area contributed by atoms with E-state index >= 15 is 0 Å². The van der Waals surface area contributed by atoms with E-state index in [1.807, 2.05) is 0 Å². The molecule has 0 fully saturated rings. The van der Waals surface area contributed by atoms with E-state index in [-0.39, 0.29) is 48.5 Å². The number of hydrogen-bond acceptors (Lipinski definition) is 5. The summed E-state index contributed by atoms with van der Waals surface area (Å²) < 4.78 is 9.21. The Morgan fingerprint density at radius 3 is 1.35 bits per heavy atom. The molecule has 0 aromatic rings. The number of carbonyl (C=O) groups is 2. The third kappa shape index (κ3) is 36.0. The number of ether oxygens (including phenoxy) is 2. The molecule has 0 rings (SSSR count). The molecular weight excluding hydrogens is 363 g/mol. The van der Waals surface area contributed by atoms with Crippen molar-refractivity contribution >= 4 is 11.9 Å². The van der Waals surface area contributed by atoms with Crippen molar-refractivity contribution in [3.8, 4) is 0 Å². The van der Waals surface area contributed by atoms with Gasteiger partial charge < -0.3 is 35.2 Å². The minimum atomic E-state index is -0.150. The van der Waals surface area contributed by atoms with Crippen LogP contribution < -0.4 is 0 Å². The topological polar surface area (TPSA) is 76.4 Å². The van der Waals surface area contributed by atoms with Crippen molar-refractivity contribution in [1.29, 1.82) is 5.26 Å². The van der Waals surface area contributed by atoms with E-state index in [0.717, 1.165) is 0 Å². The Bertz CT molecular complexity index is 190. The van der Waals surface area contributed by atoms with Crippen molar-refractivity contribution < 1.29 is 55.6 Å². The van der Waals surface area contributed by atoms with Gasteiger partial charge >= 0.3 is 48.5 Å². The summed E-state index contributed by atoms with van der Waals surface area (Å²) in [6.07, 6.45) is 2.12. The second-order valence-corrected chi connectivity index (χ2v) is 2.82. The van der Waals surface area contributed by atoms with Crippen LogP contribution in [0.3, 0.4) is 0 Å². The Morgan fingerprint density at radius 1 is 0.950 bits per heavy atom. The van der Waals surface area contributed by atoms with Gasteiger partial charge in [0.25, 0.3) is 0 Å². The maximum absolute atomic E-state index is 10.4. The third-order valence-electron chi connectivity index (χ3n) is 1.37. The molecule has 0 saturated heterocycles. The molecule has 0 radical (unpaired) electrons. The fraction of sp³-hybridized carbons (Fsp3) is 0.615. The van der Waals surface area contributed by atoms with Crippen LogP contribution in [-0.4, -0.2) is 25.2 Å². The molecule has 0 aromatic heterocycles. The van der Waals surface area contributed by atoms with E-state index in [9.17, 15) is 9.59 Å². The van der Waals surface area contributed by atoms with E-state index in [4.69, 9.17) is 11.8 Å². The summed E-state index contributed by atoms with van der Waals surface area (Å²) in [5, 5.41) is 6.25. The van der Waals surface area contributed by atoms with Crippen molar-refractivity contribution in [2.24, 2.45) is 0 Å². The Hall–Kier alpha value is -0.427. The van der Waals surface area contributed by atoms with Crippen LogP contribution >= 0.6 is 0 Å². The van der Waals surface area contributed by atoms with Gasteiger partial charge in [0, 0.05) is 12.8 Å². The molecule has 0 aliphatic heterocycles. The molecule has 116 valence electrons. The molecule has 0 spiro atoms. The van der Waals surface area contributed by atoms with E-state index in [1.165, 1.54) is 0 Å². The molecule has 0 aliphatic rings. The van der Waals surface area contributed by atoms with Gasteiger partial charge in [0.1, 0.15) is 0 Å². The van der Waals surface area contributed by atoms with Crippen LogP contribution in [0.2, 0.25) is 0 Å². The molecule has 0 N–H and O–H groups in total. The smallest absolute Gasteiger partial charge is 0.512 e. The van der Waals surface area contributed by atoms with Gasteiger partial charge in [0.2, 0.25) is 0 Å². The predicted octanol–water partition coefficient (Wildman–Crippen LogP) is 2.42. The summed E-state index contributed by atoms with van der Waals surface area (Å²) in [5.74, 6) is -0.301. The van der Waals surface area contributed by atoms with Crippen molar-refractivity contribution in [3.05, 3.63) is 20.4 Å². The maximum Gasteiger partial charge on any atom is 2.00 e.